The molecule has 2 aromatic rings. The van der Waals surface area contributed by atoms with E-state index < -0.39 is 17.9 Å². The van der Waals surface area contributed by atoms with Gasteiger partial charge in [0.15, 0.2) is 29.8 Å². The zero-order valence-corrected chi connectivity index (χ0v) is 24.3. The van der Waals surface area contributed by atoms with Crippen LogP contribution in [-0.2, 0) is 14.3 Å². The zero-order chi connectivity index (χ0) is 28.4. The van der Waals surface area contributed by atoms with Gasteiger partial charge >= 0.3 is 5.97 Å². The predicted molar refractivity (Wildman–Crippen MR) is 155 cm³/mol. The quantitative estimate of drug-likeness (QED) is 0.108. The third-order valence-electron chi connectivity index (χ3n) is 5.30. The Hall–Kier alpha value is -3.90. The molecular formula is C26H26IN5O6S. The van der Waals surface area contributed by atoms with Crippen molar-refractivity contribution >= 4 is 58.0 Å². The summed E-state index contributed by atoms with van der Waals surface area (Å²) in [6.07, 6.45) is 1.39. The van der Waals surface area contributed by atoms with E-state index in [1.807, 2.05) is 6.07 Å². The van der Waals surface area contributed by atoms with Gasteiger partial charge in [-0.25, -0.2) is 10.2 Å². The molecule has 0 radical (unpaired) electrons. The minimum atomic E-state index is -0.641. The van der Waals surface area contributed by atoms with E-state index in [-0.39, 0.29) is 19.8 Å². The molecule has 1 heterocycles. The first-order chi connectivity index (χ1) is 18.8. The number of halogens is 1. The molecule has 11 nitrogen and oxygen atoms in total. The molecule has 3 N–H and O–H groups in total. The van der Waals surface area contributed by atoms with Crippen LogP contribution in [0.1, 0.15) is 31.0 Å². The molecule has 0 saturated heterocycles. The molecule has 0 bridgehead atoms. The van der Waals surface area contributed by atoms with Crippen LogP contribution < -0.4 is 30.3 Å². The van der Waals surface area contributed by atoms with Gasteiger partial charge in [0.05, 0.1) is 31.5 Å². The Labute approximate surface area is 244 Å². The van der Waals surface area contributed by atoms with E-state index in [1.54, 1.807) is 50.2 Å². The summed E-state index contributed by atoms with van der Waals surface area (Å²) in [6.45, 7) is 3.15. The molecule has 1 aliphatic heterocycles. The highest BCUT2D eigenvalue weighted by atomic mass is 127. The Morgan fingerprint density at radius 2 is 2.03 bits per heavy atom. The second kappa shape index (κ2) is 14.3. The number of ether oxygens (including phenoxy) is 4. The fraction of sp³-hybridized carbons (Fsp3) is 0.269. The summed E-state index contributed by atoms with van der Waals surface area (Å²) in [7, 11) is 1.49. The average Bonchev–Trinajstić information content (AvgIpc) is 2.90. The van der Waals surface area contributed by atoms with Crippen molar-refractivity contribution in [2.45, 2.75) is 19.9 Å². The van der Waals surface area contributed by atoms with Crippen molar-refractivity contribution in [2.75, 3.05) is 26.9 Å². The number of hydrogen-bond donors (Lipinski definition) is 3. The molecule has 0 spiro atoms. The Balaban J connectivity index is 1.74. The highest BCUT2D eigenvalue weighted by molar-refractivity contribution is 14.1. The predicted octanol–water partition coefficient (Wildman–Crippen LogP) is 3.09. The molecule has 0 unspecified atom stereocenters. The second-order valence-electron chi connectivity index (χ2n) is 7.88. The standard InChI is InChI=1S/C26H26IN5O6S/c1-4-36-25(34)22-15(2)30-26(39)31-23(22)18-7-5-6-8-19(18)38-14-21(33)32-29-13-16-11-17(27)12-20(35-3)24(16)37-10-9-28/h5-8,11-13,23H,4,10,14H2,1-3H3,(H,32,33)(H2,30,31,39)/t23-/m1/s1. The molecule has 0 aromatic heterocycles. The number of benzene rings is 2. The fourth-order valence-electron chi connectivity index (χ4n) is 3.70. The number of carbonyl (C=O) groups is 2. The second-order valence-corrected chi connectivity index (χ2v) is 9.54. The normalized spacial score (nSPS) is 14.6. The van der Waals surface area contributed by atoms with E-state index in [4.69, 9.17) is 36.4 Å². The average molecular weight is 663 g/mol. The number of allylic oxidation sites excluding steroid dienone is 1. The third kappa shape index (κ3) is 7.80. The Kier molecular flexibility index (Phi) is 10.9. The lowest BCUT2D eigenvalue weighted by molar-refractivity contribution is -0.139. The minimum absolute atomic E-state index is 0.180. The van der Waals surface area contributed by atoms with E-state index in [1.165, 1.54) is 13.3 Å². The number of rotatable bonds is 11. The largest absolute Gasteiger partial charge is 0.493 e. The smallest absolute Gasteiger partial charge is 0.338 e. The van der Waals surface area contributed by atoms with Gasteiger partial charge in [0, 0.05) is 20.4 Å². The van der Waals surface area contributed by atoms with E-state index in [0.29, 0.717) is 44.8 Å². The van der Waals surface area contributed by atoms with Gasteiger partial charge in [-0.05, 0) is 66.9 Å². The number of amides is 1. The van der Waals surface area contributed by atoms with Crippen molar-refractivity contribution in [2.24, 2.45) is 5.10 Å². The molecular weight excluding hydrogens is 637 g/mol. The number of nitriles is 1. The van der Waals surface area contributed by atoms with Crippen LogP contribution in [0, 0.1) is 14.9 Å². The first kappa shape index (κ1) is 29.7. The number of carbonyl (C=O) groups excluding carboxylic acids is 2. The van der Waals surface area contributed by atoms with Crippen molar-refractivity contribution in [3.05, 3.63) is 62.4 Å². The lowest BCUT2D eigenvalue weighted by Crippen LogP contribution is -2.45. The van der Waals surface area contributed by atoms with Crippen molar-refractivity contribution in [1.82, 2.24) is 16.1 Å². The van der Waals surface area contributed by atoms with E-state index in [0.717, 1.165) is 3.57 Å². The molecule has 204 valence electrons. The van der Waals surface area contributed by atoms with Crippen molar-refractivity contribution in [3.63, 3.8) is 0 Å². The first-order valence-electron chi connectivity index (χ1n) is 11.6. The maximum Gasteiger partial charge on any atom is 0.338 e. The van der Waals surface area contributed by atoms with Gasteiger partial charge in [-0.3, -0.25) is 4.79 Å². The van der Waals surface area contributed by atoms with Crippen molar-refractivity contribution in [3.8, 4) is 23.3 Å². The summed E-state index contributed by atoms with van der Waals surface area (Å²) in [6, 6.07) is 11.8. The van der Waals surface area contributed by atoms with Crippen molar-refractivity contribution < 1.29 is 28.5 Å². The fourth-order valence-corrected chi connectivity index (χ4v) is 4.59. The van der Waals surface area contributed by atoms with Crippen LogP contribution in [-0.4, -0.2) is 50.1 Å². The van der Waals surface area contributed by atoms with Crippen LogP contribution in [0.3, 0.4) is 0 Å². The van der Waals surface area contributed by atoms with Gasteiger partial charge in [0.1, 0.15) is 11.8 Å². The summed E-state index contributed by atoms with van der Waals surface area (Å²) in [5.41, 5.74) is 4.45. The molecule has 0 fully saturated rings. The van der Waals surface area contributed by atoms with E-state index in [2.05, 4.69) is 43.8 Å². The molecule has 39 heavy (non-hydrogen) atoms. The molecule has 1 aliphatic rings. The van der Waals surface area contributed by atoms with Crippen LogP contribution in [0.4, 0.5) is 0 Å². The topological polar surface area (TPSA) is 143 Å². The lowest BCUT2D eigenvalue weighted by atomic mass is 9.95. The Morgan fingerprint density at radius 1 is 1.26 bits per heavy atom. The van der Waals surface area contributed by atoms with Crippen LogP contribution in [0.15, 0.2) is 52.8 Å². The molecule has 1 amide bonds. The van der Waals surface area contributed by atoms with E-state index >= 15 is 0 Å². The minimum Gasteiger partial charge on any atom is -0.493 e. The van der Waals surface area contributed by atoms with Gasteiger partial charge in [-0.1, -0.05) is 18.2 Å². The van der Waals surface area contributed by atoms with Crippen LogP contribution in [0.25, 0.3) is 0 Å². The number of hydrazone groups is 1. The summed E-state index contributed by atoms with van der Waals surface area (Å²) in [5.74, 6) is 0.125. The lowest BCUT2D eigenvalue weighted by Gasteiger charge is -2.30. The SMILES string of the molecule is CCOC(=O)C1=C(C)NC(=S)N[C@@H]1c1ccccc1OCC(=O)NN=Cc1cc(I)cc(OC)c1OCC#N. The van der Waals surface area contributed by atoms with Crippen LogP contribution in [0.5, 0.6) is 17.2 Å². The highest BCUT2D eigenvalue weighted by Crippen LogP contribution is 2.34. The number of hydrogen-bond acceptors (Lipinski definition) is 9. The first-order valence-corrected chi connectivity index (χ1v) is 13.1. The molecule has 2 aromatic carbocycles. The highest BCUT2D eigenvalue weighted by Gasteiger charge is 2.32. The summed E-state index contributed by atoms with van der Waals surface area (Å²) < 4.78 is 22.7. The summed E-state index contributed by atoms with van der Waals surface area (Å²) >= 11 is 7.40. The van der Waals surface area contributed by atoms with Crippen LogP contribution >= 0.6 is 34.8 Å². The van der Waals surface area contributed by atoms with Crippen molar-refractivity contribution in [1.29, 1.82) is 5.26 Å². The third-order valence-corrected chi connectivity index (χ3v) is 6.14. The summed E-state index contributed by atoms with van der Waals surface area (Å²) in [4.78, 5) is 25.2. The number of para-hydroxylation sites is 1. The number of methoxy groups -OCH3 is 1. The number of nitrogens with zero attached hydrogens (tertiary/aromatic N) is 2. The molecule has 3 rings (SSSR count). The maximum atomic E-state index is 12.7. The van der Waals surface area contributed by atoms with Gasteiger partial charge in [-0.2, -0.15) is 10.4 Å². The monoisotopic (exact) mass is 663 g/mol. The van der Waals surface area contributed by atoms with Gasteiger partial charge in [-0.15, -0.1) is 0 Å². The Morgan fingerprint density at radius 3 is 2.74 bits per heavy atom. The van der Waals surface area contributed by atoms with Gasteiger partial charge in [0.25, 0.3) is 5.91 Å². The number of esters is 1. The van der Waals surface area contributed by atoms with Gasteiger partial charge in [0.2, 0.25) is 0 Å². The Bertz CT molecular complexity index is 1360. The number of nitrogens with one attached hydrogen (secondary N) is 3. The number of thiocarbonyl (C=S) groups is 1. The van der Waals surface area contributed by atoms with Crippen LogP contribution in [0.2, 0.25) is 0 Å². The summed E-state index contributed by atoms with van der Waals surface area (Å²) in [5, 5.41) is 19.2. The zero-order valence-electron chi connectivity index (χ0n) is 21.4. The maximum absolute atomic E-state index is 12.7. The molecule has 13 heteroatoms. The molecule has 0 saturated carbocycles. The van der Waals surface area contributed by atoms with Gasteiger partial charge < -0.3 is 29.6 Å². The molecule has 0 aliphatic carbocycles. The van der Waals surface area contributed by atoms with E-state index in [9.17, 15) is 9.59 Å². The molecule has 1 atom stereocenters.